The highest BCUT2D eigenvalue weighted by molar-refractivity contribution is 7.92. The summed E-state index contributed by atoms with van der Waals surface area (Å²) in [6.45, 7) is 3.10. The van der Waals surface area contributed by atoms with Gasteiger partial charge in [0, 0.05) is 13.0 Å². The minimum absolute atomic E-state index is 0.00853. The van der Waals surface area contributed by atoms with Crippen molar-refractivity contribution >= 4 is 27.3 Å². The van der Waals surface area contributed by atoms with Crippen molar-refractivity contribution in [1.82, 2.24) is 0 Å². The molecule has 0 saturated carbocycles. The molecule has 7 heteroatoms. The van der Waals surface area contributed by atoms with E-state index in [4.69, 9.17) is 0 Å². The van der Waals surface area contributed by atoms with Crippen LogP contribution in [-0.2, 0) is 14.8 Å². The fourth-order valence-electron chi connectivity index (χ4n) is 1.80. The quantitative estimate of drug-likeness (QED) is 0.909. The number of carbonyl (C=O) groups is 1. The van der Waals surface area contributed by atoms with Crippen LogP contribution in [0.25, 0.3) is 0 Å². The van der Waals surface area contributed by atoms with Crippen LogP contribution in [0.1, 0.15) is 12.5 Å². The van der Waals surface area contributed by atoms with Gasteiger partial charge in [-0.2, -0.15) is 0 Å². The number of halogens is 1. The van der Waals surface area contributed by atoms with E-state index >= 15 is 0 Å². The Labute approximate surface area is 128 Å². The molecule has 0 saturated heterocycles. The van der Waals surface area contributed by atoms with Gasteiger partial charge in [-0.25, -0.2) is 12.8 Å². The number of rotatable bonds is 4. The van der Waals surface area contributed by atoms with Crippen molar-refractivity contribution in [2.45, 2.75) is 18.7 Å². The first-order chi connectivity index (χ1) is 10.3. The van der Waals surface area contributed by atoms with Crippen LogP contribution in [-0.4, -0.2) is 14.3 Å². The number of aryl methyl sites for hydroxylation is 1. The van der Waals surface area contributed by atoms with E-state index in [1.807, 2.05) is 6.92 Å². The van der Waals surface area contributed by atoms with Crippen molar-refractivity contribution in [3.8, 4) is 0 Å². The van der Waals surface area contributed by atoms with Crippen LogP contribution in [0.2, 0.25) is 0 Å². The van der Waals surface area contributed by atoms with Gasteiger partial charge in [0.25, 0.3) is 10.0 Å². The summed E-state index contributed by atoms with van der Waals surface area (Å²) in [4.78, 5) is 11.0. The minimum atomic E-state index is -3.79. The van der Waals surface area contributed by atoms with Gasteiger partial charge in [0.05, 0.1) is 16.3 Å². The van der Waals surface area contributed by atoms with Gasteiger partial charge < -0.3 is 5.32 Å². The topological polar surface area (TPSA) is 75.3 Å². The lowest BCUT2D eigenvalue weighted by Crippen LogP contribution is -2.13. The Bertz CT molecular complexity index is 802. The Balaban J connectivity index is 2.24. The Morgan fingerprint density at radius 3 is 2.27 bits per heavy atom. The molecule has 22 heavy (non-hydrogen) atoms. The van der Waals surface area contributed by atoms with E-state index < -0.39 is 21.7 Å². The maximum absolute atomic E-state index is 13.8. The van der Waals surface area contributed by atoms with Gasteiger partial charge in [0.1, 0.15) is 5.82 Å². The van der Waals surface area contributed by atoms with E-state index in [1.165, 1.54) is 31.2 Å². The lowest BCUT2D eigenvalue weighted by atomic mass is 10.2. The molecule has 0 atom stereocenters. The van der Waals surface area contributed by atoms with Gasteiger partial charge in [0.15, 0.2) is 0 Å². The Hall–Kier alpha value is -2.41. The summed E-state index contributed by atoms with van der Waals surface area (Å²) in [6, 6.07) is 9.98. The van der Waals surface area contributed by atoms with Crippen LogP contribution in [0.5, 0.6) is 0 Å². The molecule has 0 unspecified atom stereocenters. The molecule has 0 aliphatic carbocycles. The van der Waals surface area contributed by atoms with Gasteiger partial charge in [-0.05, 0) is 31.2 Å². The second-order valence-corrected chi connectivity index (χ2v) is 6.48. The van der Waals surface area contributed by atoms with Crippen molar-refractivity contribution in [1.29, 1.82) is 0 Å². The number of hydrogen-bond donors (Lipinski definition) is 2. The first kappa shape index (κ1) is 16.0. The fraction of sp³-hybridized carbons (Fsp3) is 0.133. The highest BCUT2D eigenvalue weighted by atomic mass is 32.2. The van der Waals surface area contributed by atoms with E-state index in [0.717, 1.165) is 11.6 Å². The number of carbonyl (C=O) groups excluding carboxylic acids is 1. The van der Waals surface area contributed by atoms with E-state index in [9.17, 15) is 17.6 Å². The van der Waals surface area contributed by atoms with Crippen LogP contribution < -0.4 is 10.0 Å². The molecule has 0 aliphatic rings. The molecule has 0 heterocycles. The molecule has 1 amide bonds. The van der Waals surface area contributed by atoms with Crippen molar-refractivity contribution in [3.05, 3.63) is 53.8 Å². The predicted molar refractivity (Wildman–Crippen MR) is 82.7 cm³/mol. The first-order valence-corrected chi connectivity index (χ1v) is 7.93. The minimum Gasteiger partial charge on any atom is -0.324 e. The average Bonchev–Trinajstić information content (AvgIpc) is 2.41. The van der Waals surface area contributed by atoms with Crippen molar-refractivity contribution < 1.29 is 17.6 Å². The molecule has 0 aliphatic heterocycles. The zero-order chi connectivity index (χ0) is 16.3. The predicted octanol–water partition coefficient (Wildman–Crippen LogP) is 2.89. The largest absolute Gasteiger partial charge is 0.324 e. The molecule has 0 spiro atoms. The standard InChI is InChI=1S/C15H15FN2O3S/c1-10-3-6-13(7-4-10)22(20,21)18-12-5-8-15(14(16)9-12)17-11(2)19/h3-9,18H,1-2H3,(H,17,19). The zero-order valence-electron chi connectivity index (χ0n) is 12.1. The van der Waals surface area contributed by atoms with E-state index in [1.54, 1.807) is 12.1 Å². The summed E-state index contributed by atoms with van der Waals surface area (Å²) in [5.41, 5.74) is 1.00. The van der Waals surface area contributed by atoms with E-state index in [-0.39, 0.29) is 16.3 Å². The van der Waals surface area contributed by atoms with Crippen LogP contribution >= 0.6 is 0 Å². The smallest absolute Gasteiger partial charge is 0.261 e. The Kier molecular flexibility index (Phi) is 4.46. The molecule has 0 bridgehead atoms. The number of nitrogens with one attached hydrogen (secondary N) is 2. The summed E-state index contributed by atoms with van der Waals surface area (Å²) >= 11 is 0. The van der Waals surface area contributed by atoms with Crippen molar-refractivity contribution in [2.75, 3.05) is 10.0 Å². The molecule has 116 valence electrons. The van der Waals surface area contributed by atoms with Gasteiger partial charge >= 0.3 is 0 Å². The van der Waals surface area contributed by atoms with Crippen LogP contribution in [0, 0.1) is 12.7 Å². The summed E-state index contributed by atoms with van der Waals surface area (Å²) < 4.78 is 40.5. The normalized spacial score (nSPS) is 11.0. The average molecular weight is 322 g/mol. The van der Waals surface area contributed by atoms with Gasteiger partial charge in [-0.1, -0.05) is 17.7 Å². The summed E-state index contributed by atoms with van der Waals surface area (Å²) in [7, 11) is -3.79. The van der Waals surface area contributed by atoms with Crippen molar-refractivity contribution in [3.63, 3.8) is 0 Å². The first-order valence-electron chi connectivity index (χ1n) is 6.44. The van der Waals surface area contributed by atoms with Crippen LogP contribution in [0.3, 0.4) is 0 Å². The van der Waals surface area contributed by atoms with Crippen molar-refractivity contribution in [2.24, 2.45) is 0 Å². The second kappa shape index (κ2) is 6.15. The SMILES string of the molecule is CC(=O)Nc1ccc(NS(=O)(=O)c2ccc(C)cc2)cc1F. The molecule has 5 nitrogen and oxygen atoms in total. The highest BCUT2D eigenvalue weighted by Gasteiger charge is 2.15. The van der Waals surface area contributed by atoms with Gasteiger partial charge in [-0.3, -0.25) is 9.52 Å². The maximum Gasteiger partial charge on any atom is 0.261 e. The van der Waals surface area contributed by atoms with Gasteiger partial charge in [0.2, 0.25) is 5.91 Å². The van der Waals surface area contributed by atoms with E-state index in [0.29, 0.717) is 0 Å². The summed E-state index contributed by atoms with van der Waals surface area (Å²) in [6.07, 6.45) is 0. The maximum atomic E-state index is 13.8. The third kappa shape index (κ3) is 3.82. The van der Waals surface area contributed by atoms with Gasteiger partial charge in [-0.15, -0.1) is 0 Å². The fourth-order valence-corrected chi connectivity index (χ4v) is 2.85. The zero-order valence-corrected chi connectivity index (χ0v) is 12.9. The Morgan fingerprint density at radius 2 is 1.73 bits per heavy atom. The summed E-state index contributed by atoms with van der Waals surface area (Å²) in [5.74, 6) is -1.13. The number of anilines is 2. The Morgan fingerprint density at radius 1 is 1.09 bits per heavy atom. The lowest BCUT2D eigenvalue weighted by Gasteiger charge is -2.10. The lowest BCUT2D eigenvalue weighted by molar-refractivity contribution is -0.114. The molecular formula is C15H15FN2O3S. The summed E-state index contributed by atoms with van der Waals surface area (Å²) in [5, 5.41) is 2.31. The molecule has 2 N–H and O–H groups in total. The number of hydrogen-bond acceptors (Lipinski definition) is 3. The third-order valence-corrected chi connectivity index (χ3v) is 4.26. The number of sulfonamides is 1. The molecular weight excluding hydrogens is 307 g/mol. The van der Waals surface area contributed by atoms with E-state index in [2.05, 4.69) is 10.0 Å². The molecule has 2 aromatic rings. The molecule has 2 rings (SSSR count). The van der Waals surface area contributed by atoms with Crippen LogP contribution in [0.4, 0.5) is 15.8 Å². The third-order valence-electron chi connectivity index (χ3n) is 2.86. The molecule has 0 radical (unpaired) electrons. The number of benzene rings is 2. The second-order valence-electron chi connectivity index (χ2n) is 4.79. The number of amides is 1. The van der Waals surface area contributed by atoms with Crippen LogP contribution in [0.15, 0.2) is 47.4 Å². The molecule has 2 aromatic carbocycles. The molecule has 0 fully saturated rings. The highest BCUT2D eigenvalue weighted by Crippen LogP contribution is 2.22. The molecule has 0 aromatic heterocycles. The monoisotopic (exact) mass is 322 g/mol.